The summed E-state index contributed by atoms with van der Waals surface area (Å²) in [7, 11) is 0. The van der Waals surface area contributed by atoms with Gasteiger partial charge in [0.2, 0.25) is 0 Å². The summed E-state index contributed by atoms with van der Waals surface area (Å²) in [6.07, 6.45) is 3.88. The summed E-state index contributed by atoms with van der Waals surface area (Å²) in [5.41, 5.74) is 0.233. The fourth-order valence-corrected chi connectivity index (χ4v) is 0.500. The molecule has 0 rings (SSSR count). The summed E-state index contributed by atoms with van der Waals surface area (Å²) in [5, 5.41) is 0. The van der Waals surface area contributed by atoms with Crippen LogP contribution in [0, 0.1) is 11.3 Å². The maximum absolute atomic E-state index is 5.29. The molecule has 0 radical (unpaired) electrons. The second-order valence-electron chi connectivity index (χ2n) is 4.40. The lowest BCUT2D eigenvalue weighted by molar-refractivity contribution is 0.208. The zero-order chi connectivity index (χ0) is 8.91. The van der Waals surface area contributed by atoms with Gasteiger partial charge in [0.05, 0.1) is 12.9 Å². The normalized spacial score (nSPS) is 12.9. The van der Waals surface area contributed by atoms with E-state index in [1.54, 1.807) is 6.26 Å². The Balaban J connectivity index is 3.46. The van der Waals surface area contributed by atoms with E-state index >= 15 is 0 Å². The van der Waals surface area contributed by atoms with Gasteiger partial charge in [0.15, 0.2) is 0 Å². The molecule has 1 nitrogen and oxygen atoms in total. The Morgan fingerprint density at radius 2 is 1.82 bits per heavy atom. The lowest BCUT2D eigenvalue weighted by Crippen LogP contribution is -2.01. The highest BCUT2D eigenvalue weighted by Gasteiger charge is 2.03. The molecule has 0 atom stereocenters. The van der Waals surface area contributed by atoms with Gasteiger partial charge in [0.1, 0.15) is 0 Å². The van der Waals surface area contributed by atoms with Gasteiger partial charge in [0.25, 0.3) is 0 Å². The van der Waals surface area contributed by atoms with Crippen LogP contribution in [0.1, 0.15) is 34.6 Å². The summed E-state index contributed by atoms with van der Waals surface area (Å²) < 4.78 is 5.29. The maximum Gasteiger partial charge on any atom is 0.0895 e. The van der Waals surface area contributed by atoms with Gasteiger partial charge >= 0.3 is 0 Å². The molecule has 0 saturated heterocycles. The Morgan fingerprint density at radius 1 is 1.27 bits per heavy atom. The number of hydrogen-bond donors (Lipinski definition) is 0. The molecule has 0 aliphatic carbocycles. The quantitative estimate of drug-likeness (QED) is 0.570. The topological polar surface area (TPSA) is 9.23 Å². The molecule has 11 heavy (non-hydrogen) atoms. The summed E-state index contributed by atoms with van der Waals surface area (Å²) in [6.45, 7) is 11.6. The molecule has 66 valence electrons. The van der Waals surface area contributed by atoms with E-state index in [4.69, 9.17) is 4.74 Å². The Kier molecular flexibility index (Phi) is 4.24. The lowest BCUT2D eigenvalue weighted by Gasteiger charge is -2.11. The van der Waals surface area contributed by atoms with Crippen LogP contribution in [0.4, 0.5) is 0 Å². The fourth-order valence-electron chi connectivity index (χ4n) is 0.500. The van der Waals surface area contributed by atoms with E-state index in [9.17, 15) is 0 Å². The van der Waals surface area contributed by atoms with E-state index in [0.29, 0.717) is 5.92 Å². The Hall–Kier alpha value is -0.460. The van der Waals surface area contributed by atoms with Crippen molar-refractivity contribution < 1.29 is 4.74 Å². The molecule has 0 N–H and O–H groups in total. The summed E-state index contributed by atoms with van der Waals surface area (Å²) in [5.74, 6) is 0.611. The predicted molar refractivity (Wildman–Crippen MR) is 49.4 cm³/mol. The summed E-state index contributed by atoms with van der Waals surface area (Å²) >= 11 is 0. The van der Waals surface area contributed by atoms with Crippen molar-refractivity contribution in [3.8, 4) is 0 Å². The molecular formula is C10H20O. The molecule has 0 amide bonds. The van der Waals surface area contributed by atoms with Gasteiger partial charge in [0, 0.05) is 0 Å². The molecule has 0 aromatic carbocycles. The van der Waals surface area contributed by atoms with Crippen molar-refractivity contribution in [3.05, 3.63) is 12.3 Å². The third-order valence-electron chi connectivity index (χ3n) is 1.09. The zero-order valence-electron chi connectivity index (χ0n) is 8.35. The number of ether oxygens (including phenoxy) is 1. The van der Waals surface area contributed by atoms with Gasteiger partial charge in [-0.3, -0.25) is 0 Å². The van der Waals surface area contributed by atoms with Crippen molar-refractivity contribution >= 4 is 0 Å². The smallest absolute Gasteiger partial charge is 0.0895 e. The van der Waals surface area contributed by atoms with E-state index in [2.05, 4.69) is 40.7 Å². The molecule has 0 aliphatic rings. The van der Waals surface area contributed by atoms with Crippen LogP contribution in [-0.2, 0) is 4.74 Å². The largest absolute Gasteiger partial charge is 0.501 e. The van der Waals surface area contributed by atoms with Gasteiger partial charge < -0.3 is 4.74 Å². The highest BCUT2D eigenvalue weighted by atomic mass is 16.5. The van der Waals surface area contributed by atoms with Crippen molar-refractivity contribution in [2.24, 2.45) is 11.3 Å². The summed E-state index contributed by atoms with van der Waals surface area (Å²) in [6, 6.07) is 0. The zero-order valence-corrected chi connectivity index (χ0v) is 8.35. The van der Waals surface area contributed by atoms with E-state index in [0.717, 1.165) is 6.61 Å². The van der Waals surface area contributed by atoms with Crippen molar-refractivity contribution in [2.45, 2.75) is 34.6 Å². The van der Waals surface area contributed by atoms with Gasteiger partial charge in [-0.2, -0.15) is 0 Å². The van der Waals surface area contributed by atoms with E-state index in [1.165, 1.54) is 0 Å². The minimum absolute atomic E-state index is 0.233. The predicted octanol–water partition coefficient (Wildman–Crippen LogP) is 3.22. The van der Waals surface area contributed by atoms with Gasteiger partial charge in [-0.25, -0.2) is 0 Å². The Labute approximate surface area is 70.4 Å². The van der Waals surface area contributed by atoms with Crippen LogP contribution >= 0.6 is 0 Å². The Bertz CT molecular complexity index is 117. The molecule has 0 bridgehead atoms. The van der Waals surface area contributed by atoms with Gasteiger partial charge in [-0.15, -0.1) is 0 Å². The fraction of sp³-hybridized carbons (Fsp3) is 0.800. The maximum atomic E-state index is 5.29. The summed E-state index contributed by atoms with van der Waals surface area (Å²) in [4.78, 5) is 0. The van der Waals surface area contributed by atoms with E-state index in [1.807, 2.05) is 0 Å². The highest BCUT2D eigenvalue weighted by Crippen LogP contribution is 2.14. The first-order chi connectivity index (χ1) is 4.92. The molecule has 0 aromatic heterocycles. The van der Waals surface area contributed by atoms with Gasteiger partial charge in [-0.05, 0) is 17.4 Å². The monoisotopic (exact) mass is 156 g/mol. The Morgan fingerprint density at radius 3 is 2.18 bits per heavy atom. The third kappa shape index (κ3) is 9.54. The minimum Gasteiger partial charge on any atom is -0.501 e. The first-order valence-corrected chi connectivity index (χ1v) is 4.21. The van der Waals surface area contributed by atoms with Crippen molar-refractivity contribution in [2.75, 3.05) is 6.61 Å². The minimum atomic E-state index is 0.233. The molecule has 0 saturated carbocycles. The van der Waals surface area contributed by atoms with Crippen LogP contribution in [0.2, 0.25) is 0 Å². The van der Waals surface area contributed by atoms with Crippen LogP contribution < -0.4 is 0 Å². The van der Waals surface area contributed by atoms with Crippen LogP contribution in [-0.4, -0.2) is 6.61 Å². The SMILES string of the molecule is CC(C)CO/C=C/C(C)(C)C. The molecule has 0 fully saturated rings. The number of hydrogen-bond acceptors (Lipinski definition) is 1. The average molecular weight is 156 g/mol. The highest BCUT2D eigenvalue weighted by molar-refractivity contribution is 4.87. The lowest BCUT2D eigenvalue weighted by atomic mass is 9.97. The number of rotatable bonds is 3. The molecular weight excluding hydrogens is 136 g/mol. The number of allylic oxidation sites excluding steroid dienone is 1. The van der Waals surface area contributed by atoms with Crippen LogP contribution in [0.25, 0.3) is 0 Å². The molecule has 0 heterocycles. The first-order valence-electron chi connectivity index (χ1n) is 4.21. The molecule has 0 unspecified atom stereocenters. The van der Waals surface area contributed by atoms with Crippen LogP contribution in [0.3, 0.4) is 0 Å². The van der Waals surface area contributed by atoms with Crippen molar-refractivity contribution in [1.29, 1.82) is 0 Å². The van der Waals surface area contributed by atoms with Crippen LogP contribution in [0.5, 0.6) is 0 Å². The molecule has 0 spiro atoms. The van der Waals surface area contributed by atoms with Crippen molar-refractivity contribution in [1.82, 2.24) is 0 Å². The molecule has 1 heteroatoms. The van der Waals surface area contributed by atoms with Gasteiger partial charge in [-0.1, -0.05) is 34.6 Å². The standard InChI is InChI=1S/C10H20O/c1-9(2)8-11-7-6-10(3,4)5/h6-7,9H,8H2,1-5H3/b7-6+. The molecule has 0 aromatic rings. The van der Waals surface area contributed by atoms with E-state index in [-0.39, 0.29) is 5.41 Å². The van der Waals surface area contributed by atoms with Crippen molar-refractivity contribution in [3.63, 3.8) is 0 Å². The average Bonchev–Trinajstić information content (AvgIpc) is 1.78. The second kappa shape index (κ2) is 4.42. The second-order valence-corrected chi connectivity index (χ2v) is 4.40. The molecule has 0 aliphatic heterocycles. The van der Waals surface area contributed by atoms with E-state index < -0.39 is 0 Å². The first kappa shape index (κ1) is 10.5. The van der Waals surface area contributed by atoms with Crippen LogP contribution in [0.15, 0.2) is 12.3 Å². The third-order valence-corrected chi connectivity index (χ3v) is 1.09.